The number of para-hydroxylation sites is 1. The SMILES string of the molecule is CCC(C)NC(=O)C(C)N(Cc1ccccc1)C(=O)CN(c1ccccc1)S(=O)(=O)c1ccc(OC)c(OC)c1. The lowest BCUT2D eigenvalue weighted by atomic mass is 10.1. The molecule has 0 spiro atoms. The topological polar surface area (TPSA) is 105 Å². The van der Waals surface area contributed by atoms with E-state index in [1.807, 2.05) is 44.2 Å². The fourth-order valence-corrected chi connectivity index (χ4v) is 5.49. The molecule has 10 heteroatoms. The Kier molecular flexibility index (Phi) is 10.6. The van der Waals surface area contributed by atoms with Crippen molar-refractivity contribution in [3.63, 3.8) is 0 Å². The van der Waals surface area contributed by atoms with Crippen LogP contribution in [0.3, 0.4) is 0 Å². The van der Waals surface area contributed by atoms with Crippen molar-refractivity contribution in [2.24, 2.45) is 0 Å². The molecule has 9 nitrogen and oxygen atoms in total. The van der Waals surface area contributed by atoms with Crippen molar-refractivity contribution in [2.45, 2.75) is 50.7 Å². The largest absolute Gasteiger partial charge is 0.493 e. The Morgan fingerprint density at radius 3 is 2.05 bits per heavy atom. The van der Waals surface area contributed by atoms with Crippen LogP contribution in [0.5, 0.6) is 11.5 Å². The van der Waals surface area contributed by atoms with E-state index in [1.165, 1.54) is 37.3 Å². The number of hydrogen-bond donors (Lipinski definition) is 1. The molecule has 2 amide bonds. The first kappa shape index (κ1) is 30.5. The number of rotatable bonds is 13. The molecule has 0 aliphatic rings. The molecule has 0 heterocycles. The van der Waals surface area contributed by atoms with Crippen LogP contribution in [0, 0.1) is 0 Å². The van der Waals surface area contributed by atoms with E-state index in [4.69, 9.17) is 9.47 Å². The Labute approximate surface area is 236 Å². The molecule has 214 valence electrons. The zero-order chi connectivity index (χ0) is 29.3. The van der Waals surface area contributed by atoms with Crippen molar-refractivity contribution in [1.82, 2.24) is 10.2 Å². The molecule has 0 saturated carbocycles. The monoisotopic (exact) mass is 567 g/mol. The third kappa shape index (κ3) is 7.32. The molecule has 0 radical (unpaired) electrons. The van der Waals surface area contributed by atoms with Gasteiger partial charge < -0.3 is 19.7 Å². The molecule has 0 aliphatic heterocycles. The van der Waals surface area contributed by atoms with Crippen molar-refractivity contribution in [2.75, 3.05) is 25.1 Å². The molecule has 0 saturated heterocycles. The molecular formula is C30H37N3O6S. The Morgan fingerprint density at radius 2 is 1.48 bits per heavy atom. The van der Waals surface area contributed by atoms with Crippen LogP contribution in [0.25, 0.3) is 0 Å². The van der Waals surface area contributed by atoms with E-state index in [1.54, 1.807) is 37.3 Å². The standard InChI is InChI=1S/C30H37N3O6S/c1-6-22(2)31-30(35)23(3)32(20-24-13-9-7-10-14-24)29(34)21-33(25-15-11-8-12-16-25)40(36,37)26-17-18-27(38-4)28(19-26)39-5/h7-19,22-23H,6,20-21H2,1-5H3,(H,31,35). The first-order chi connectivity index (χ1) is 19.1. The zero-order valence-electron chi connectivity index (χ0n) is 23.5. The number of anilines is 1. The van der Waals surface area contributed by atoms with Gasteiger partial charge in [-0.3, -0.25) is 13.9 Å². The van der Waals surface area contributed by atoms with Crippen LogP contribution in [-0.2, 0) is 26.2 Å². The number of ether oxygens (including phenoxy) is 2. The Morgan fingerprint density at radius 1 is 0.875 bits per heavy atom. The molecule has 0 aliphatic carbocycles. The molecule has 0 aromatic heterocycles. The first-order valence-corrected chi connectivity index (χ1v) is 14.5. The number of benzene rings is 3. The van der Waals surface area contributed by atoms with E-state index in [0.29, 0.717) is 11.4 Å². The minimum absolute atomic E-state index is 0.0704. The van der Waals surface area contributed by atoms with Gasteiger partial charge in [-0.15, -0.1) is 0 Å². The maximum atomic E-state index is 14.0. The van der Waals surface area contributed by atoms with Crippen LogP contribution < -0.4 is 19.1 Å². The van der Waals surface area contributed by atoms with Crippen molar-refractivity contribution in [3.05, 3.63) is 84.4 Å². The lowest BCUT2D eigenvalue weighted by Gasteiger charge is -2.32. The summed E-state index contributed by atoms with van der Waals surface area (Å²) in [5.74, 6) is -0.223. The van der Waals surface area contributed by atoms with Crippen LogP contribution >= 0.6 is 0 Å². The number of sulfonamides is 1. The van der Waals surface area contributed by atoms with E-state index in [0.717, 1.165) is 16.3 Å². The summed E-state index contributed by atoms with van der Waals surface area (Å²) in [6, 6.07) is 21.0. The number of nitrogens with one attached hydrogen (secondary N) is 1. The van der Waals surface area contributed by atoms with Gasteiger partial charge in [0.2, 0.25) is 11.8 Å². The minimum Gasteiger partial charge on any atom is -0.493 e. The number of carbonyl (C=O) groups excluding carboxylic acids is 2. The van der Waals surface area contributed by atoms with Gasteiger partial charge in [0, 0.05) is 18.7 Å². The number of amides is 2. The minimum atomic E-state index is -4.23. The molecule has 0 bridgehead atoms. The van der Waals surface area contributed by atoms with Crippen LogP contribution in [0.4, 0.5) is 5.69 Å². The average molecular weight is 568 g/mol. The second-order valence-corrected chi connectivity index (χ2v) is 11.2. The molecule has 3 rings (SSSR count). The van der Waals surface area contributed by atoms with Crippen molar-refractivity contribution >= 4 is 27.5 Å². The Hall–Kier alpha value is -4.05. The number of methoxy groups -OCH3 is 2. The van der Waals surface area contributed by atoms with E-state index >= 15 is 0 Å². The normalized spacial score (nSPS) is 12.6. The van der Waals surface area contributed by atoms with Gasteiger partial charge in [-0.05, 0) is 50.1 Å². The highest BCUT2D eigenvalue weighted by Gasteiger charge is 2.33. The number of carbonyl (C=O) groups is 2. The molecule has 0 fully saturated rings. The Bertz CT molecular complexity index is 1380. The fourth-order valence-electron chi connectivity index (χ4n) is 4.06. The number of nitrogens with zero attached hydrogens (tertiary/aromatic N) is 2. The number of hydrogen-bond acceptors (Lipinski definition) is 6. The van der Waals surface area contributed by atoms with Gasteiger partial charge in [-0.1, -0.05) is 55.5 Å². The molecule has 40 heavy (non-hydrogen) atoms. The summed E-state index contributed by atoms with van der Waals surface area (Å²) >= 11 is 0. The summed E-state index contributed by atoms with van der Waals surface area (Å²) in [5.41, 5.74) is 1.12. The van der Waals surface area contributed by atoms with Crippen LogP contribution in [0.2, 0.25) is 0 Å². The molecule has 1 N–H and O–H groups in total. The van der Waals surface area contributed by atoms with Gasteiger partial charge in [0.25, 0.3) is 10.0 Å². The summed E-state index contributed by atoms with van der Waals surface area (Å²) < 4.78 is 39.6. The quantitative estimate of drug-likeness (QED) is 0.332. The van der Waals surface area contributed by atoms with E-state index < -0.39 is 28.5 Å². The second-order valence-electron chi connectivity index (χ2n) is 9.37. The van der Waals surface area contributed by atoms with Crippen molar-refractivity contribution in [3.8, 4) is 11.5 Å². The third-order valence-electron chi connectivity index (χ3n) is 6.63. The summed E-state index contributed by atoms with van der Waals surface area (Å²) in [4.78, 5) is 28.4. The van der Waals surface area contributed by atoms with Crippen LogP contribution in [-0.4, -0.2) is 58.0 Å². The first-order valence-electron chi connectivity index (χ1n) is 13.1. The van der Waals surface area contributed by atoms with E-state index in [2.05, 4.69) is 5.32 Å². The van der Waals surface area contributed by atoms with Gasteiger partial charge in [-0.25, -0.2) is 8.42 Å². The summed E-state index contributed by atoms with van der Waals surface area (Å²) in [5, 5.41) is 2.92. The Balaban J connectivity index is 2.02. The summed E-state index contributed by atoms with van der Waals surface area (Å²) in [6.07, 6.45) is 0.733. The predicted molar refractivity (Wildman–Crippen MR) is 155 cm³/mol. The smallest absolute Gasteiger partial charge is 0.264 e. The van der Waals surface area contributed by atoms with Gasteiger partial charge in [0.15, 0.2) is 11.5 Å². The lowest BCUT2D eigenvalue weighted by molar-refractivity contribution is -0.139. The van der Waals surface area contributed by atoms with Crippen LogP contribution in [0.15, 0.2) is 83.8 Å². The van der Waals surface area contributed by atoms with Gasteiger partial charge in [0.05, 0.1) is 24.8 Å². The van der Waals surface area contributed by atoms with Gasteiger partial charge in [-0.2, -0.15) is 0 Å². The van der Waals surface area contributed by atoms with Gasteiger partial charge >= 0.3 is 0 Å². The highest BCUT2D eigenvalue weighted by atomic mass is 32.2. The average Bonchev–Trinajstić information content (AvgIpc) is 2.98. The second kappa shape index (κ2) is 13.8. The fraction of sp³-hybridized carbons (Fsp3) is 0.333. The highest BCUT2D eigenvalue weighted by molar-refractivity contribution is 7.92. The third-order valence-corrected chi connectivity index (χ3v) is 8.40. The summed E-state index contributed by atoms with van der Waals surface area (Å²) in [6.45, 7) is 5.11. The summed E-state index contributed by atoms with van der Waals surface area (Å²) in [7, 11) is -1.36. The molecular weight excluding hydrogens is 530 g/mol. The predicted octanol–water partition coefficient (Wildman–Crippen LogP) is 4.23. The maximum absolute atomic E-state index is 14.0. The zero-order valence-corrected chi connectivity index (χ0v) is 24.4. The maximum Gasteiger partial charge on any atom is 0.264 e. The van der Waals surface area contributed by atoms with Gasteiger partial charge in [0.1, 0.15) is 12.6 Å². The lowest BCUT2D eigenvalue weighted by Crippen LogP contribution is -2.52. The van der Waals surface area contributed by atoms with E-state index in [-0.39, 0.29) is 29.1 Å². The molecule has 2 atom stereocenters. The molecule has 2 unspecified atom stereocenters. The molecule has 3 aromatic rings. The van der Waals surface area contributed by atoms with Crippen molar-refractivity contribution in [1.29, 1.82) is 0 Å². The molecule has 3 aromatic carbocycles. The van der Waals surface area contributed by atoms with Crippen LogP contribution in [0.1, 0.15) is 32.8 Å². The van der Waals surface area contributed by atoms with E-state index in [9.17, 15) is 18.0 Å². The van der Waals surface area contributed by atoms with Crippen molar-refractivity contribution < 1.29 is 27.5 Å². The highest BCUT2D eigenvalue weighted by Crippen LogP contribution is 2.32.